The molecule has 2 rings (SSSR count). The molecular formula is C25H49N2O2+. The normalized spacial score (nSPS) is 24.7. The largest absolute Gasteiger partial charge is 0.293 e. The Morgan fingerprint density at radius 2 is 1.45 bits per heavy atom. The van der Waals surface area contributed by atoms with Crippen LogP contribution in [0.2, 0.25) is 0 Å². The van der Waals surface area contributed by atoms with Gasteiger partial charge in [0.1, 0.15) is 19.2 Å². The molecule has 0 aromatic carbocycles. The zero-order chi connectivity index (χ0) is 20.8. The average molecular weight is 410 g/mol. The van der Waals surface area contributed by atoms with E-state index >= 15 is 0 Å². The van der Waals surface area contributed by atoms with Gasteiger partial charge in [-0.15, -0.1) is 0 Å². The van der Waals surface area contributed by atoms with Crippen molar-refractivity contribution in [3.63, 3.8) is 0 Å². The number of quaternary nitrogens is 1. The van der Waals surface area contributed by atoms with Gasteiger partial charge in [0.2, 0.25) is 5.91 Å². The van der Waals surface area contributed by atoms with E-state index in [1.165, 1.54) is 89.9 Å². The number of rotatable bonds is 17. The Morgan fingerprint density at radius 3 is 1.90 bits per heavy atom. The van der Waals surface area contributed by atoms with Crippen molar-refractivity contribution >= 4 is 5.91 Å². The minimum absolute atomic E-state index is 0.326. The summed E-state index contributed by atoms with van der Waals surface area (Å²) in [5, 5.41) is 0. The van der Waals surface area contributed by atoms with Gasteiger partial charge in [0, 0.05) is 19.4 Å². The molecule has 29 heavy (non-hydrogen) atoms. The van der Waals surface area contributed by atoms with Gasteiger partial charge in [0.15, 0.2) is 6.67 Å². The number of hydrogen-bond donors (Lipinski definition) is 0. The lowest BCUT2D eigenvalue weighted by Gasteiger charge is -2.34. The van der Waals surface area contributed by atoms with E-state index in [1.807, 2.05) is 4.90 Å². The summed E-state index contributed by atoms with van der Waals surface area (Å²) in [7, 11) is 0. The van der Waals surface area contributed by atoms with E-state index in [0.29, 0.717) is 16.7 Å². The number of hydroxylamine groups is 3. The van der Waals surface area contributed by atoms with Gasteiger partial charge in [-0.2, -0.15) is 9.48 Å². The molecule has 2 fully saturated rings. The van der Waals surface area contributed by atoms with Crippen LogP contribution >= 0.6 is 0 Å². The van der Waals surface area contributed by atoms with Crippen LogP contribution in [0.1, 0.15) is 123 Å². The summed E-state index contributed by atoms with van der Waals surface area (Å²) in [5.41, 5.74) is 0. The number of nitrogens with zero attached hydrogens (tertiary/aromatic N) is 2. The molecule has 0 radical (unpaired) electrons. The van der Waals surface area contributed by atoms with Crippen LogP contribution in [0, 0.1) is 0 Å². The Labute approximate surface area is 180 Å². The number of hydrogen-bond acceptors (Lipinski definition) is 2. The number of likely N-dealkylation sites (tertiary alicyclic amines) is 1. The first-order valence-corrected chi connectivity index (χ1v) is 13.0. The summed E-state index contributed by atoms with van der Waals surface area (Å²) in [6.07, 6.45) is 22.7. The third-order valence-electron chi connectivity index (χ3n) is 6.87. The fraction of sp³-hybridized carbons (Fsp3) is 0.960. The van der Waals surface area contributed by atoms with Gasteiger partial charge in [0.25, 0.3) is 0 Å². The van der Waals surface area contributed by atoms with Crippen molar-refractivity contribution < 1.29 is 14.3 Å². The van der Waals surface area contributed by atoms with Crippen LogP contribution < -0.4 is 0 Å². The molecule has 2 saturated heterocycles. The van der Waals surface area contributed by atoms with Gasteiger partial charge >= 0.3 is 0 Å². The maximum Gasteiger partial charge on any atom is 0.226 e. The van der Waals surface area contributed by atoms with Gasteiger partial charge in [-0.25, -0.2) is 0 Å². The van der Waals surface area contributed by atoms with Crippen molar-refractivity contribution in [1.82, 2.24) is 4.90 Å². The van der Waals surface area contributed by atoms with Crippen molar-refractivity contribution in [2.75, 3.05) is 26.3 Å². The Bertz CT molecular complexity index is 443. The molecule has 0 aliphatic carbocycles. The van der Waals surface area contributed by atoms with Gasteiger partial charge in [-0.05, 0) is 26.2 Å². The molecule has 0 aromatic rings. The number of amides is 1. The summed E-state index contributed by atoms with van der Waals surface area (Å²) < 4.78 is 0.700. The van der Waals surface area contributed by atoms with Crippen LogP contribution in [-0.2, 0) is 9.63 Å². The van der Waals surface area contributed by atoms with E-state index in [-0.39, 0.29) is 0 Å². The van der Waals surface area contributed by atoms with E-state index in [4.69, 9.17) is 4.84 Å². The smallest absolute Gasteiger partial charge is 0.226 e. The van der Waals surface area contributed by atoms with Crippen molar-refractivity contribution in [3.8, 4) is 0 Å². The maximum atomic E-state index is 12.0. The van der Waals surface area contributed by atoms with Crippen LogP contribution in [0.3, 0.4) is 0 Å². The summed E-state index contributed by atoms with van der Waals surface area (Å²) in [6, 6.07) is 0. The summed E-state index contributed by atoms with van der Waals surface area (Å²) >= 11 is 0. The molecule has 0 N–H and O–H groups in total. The fourth-order valence-corrected chi connectivity index (χ4v) is 5.00. The predicted octanol–water partition coefficient (Wildman–Crippen LogP) is 6.59. The third kappa shape index (κ3) is 9.83. The van der Waals surface area contributed by atoms with E-state index < -0.39 is 0 Å². The van der Waals surface area contributed by atoms with Crippen LogP contribution in [-0.4, -0.2) is 47.9 Å². The lowest BCUT2D eigenvalue weighted by Crippen LogP contribution is -2.52. The summed E-state index contributed by atoms with van der Waals surface area (Å²) in [6.45, 7) is 8.32. The summed E-state index contributed by atoms with van der Waals surface area (Å²) in [4.78, 5) is 20.4. The fourth-order valence-electron chi connectivity index (χ4n) is 5.00. The molecular weight excluding hydrogens is 360 g/mol. The Kier molecular flexibility index (Phi) is 12.2. The van der Waals surface area contributed by atoms with Gasteiger partial charge in [-0.3, -0.25) is 9.69 Å². The Morgan fingerprint density at radius 1 is 0.897 bits per heavy atom. The average Bonchev–Trinajstić information content (AvgIpc) is 3.28. The quantitative estimate of drug-likeness (QED) is 0.200. The van der Waals surface area contributed by atoms with Crippen LogP contribution in [0.5, 0.6) is 0 Å². The second-order valence-corrected chi connectivity index (χ2v) is 9.71. The highest BCUT2D eigenvalue weighted by Crippen LogP contribution is 2.26. The molecule has 2 atom stereocenters. The Hall–Kier alpha value is -0.610. The van der Waals surface area contributed by atoms with E-state index in [2.05, 4.69) is 13.8 Å². The first-order chi connectivity index (χ1) is 14.2. The van der Waals surface area contributed by atoms with Gasteiger partial charge in [0.05, 0.1) is 0 Å². The second-order valence-electron chi connectivity index (χ2n) is 9.71. The molecule has 2 heterocycles. The first kappa shape index (κ1) is 24.7. The molecule has 2 unspecified atom stereocenters. The van der Waals surface area contributed by atoms with Crippen LogP contribution in [0.25, 0.3) is 0 Å². The molecule has 4 nitrogen and oxygen atoms in total. The maximum absolute atomic E-state index is 12.0. The lowest BCUT2D eigenvalue weighted by molar-refractivity contribution is -1.10. The topological polar surface area (TPSA) is 29.5 Å². The first-order valence-electron chi connectivity index (χ1n) is 13.0. The lowest BCUT2D eigenvalue weighted by atomic mass is 10.0. The van der Waals surface area contributed by atoms with Gasteiger partial charge < -0.3 is 0 Å². The minimum Gasteiger partial charge on any atom is -0.293 e. The van der Waals surface area contributed by atoms with E-state index in [9.17, 15) is 4.79 Å². The highest BCUT2D eigenvalue weighted by atomic mass is 16.7. The highest BCUT2D eigenvalue weighted by Gasteiger charge is 2.41. The predicted molar refractivity (Wildman–Crippen MR) is 121 cm³/mol. The van der Waals surface area contributed by atoms with Crippen molar-refractivity contribution in [1.29, 1.82) is 0 Å². The van der Waals surface area contributed by atoms with Crippen LogP contribution in [0.15, 0.2) is 0 Å². The van der Waals surface area contributed by atoms with Crippen LogP contribution in [0.4, 0.5) is 0 Å². The molecule has 0 aromatic heterocycles. The summed E-state index contributed by atoms with van der Waals surface area (Å²) in [5.74, 6) is 0.326. The number of carbonyl (C=O) groups excluding carboxylic acids is 1. The Balaban J connectivity index is 1.46. The SMILES string of the molecule is CCCCCCCCCCCCCCCC[N+]1(CN2CCCC2=O)CCC(C)O1. The van der Waals surface area contributed by atoms with E-state index in [1.54, 1.807) is 0 Å². The molecule has 0 saturated carbocycles. The number of carbonyl (C=O) groups is 1. The third-order valence-corrected chi connectivity index (χ3v) is 6.87. The molecule has 1 amide bonds. The van der Waals surface area contributed by atoms with Crippen molar-refractivity contribution in [2.24, 2.45) is 0 Å². The zero-order valence-electron chi connectivity index (χ0n) is 19.6. The van der Waals surface area contributed by atoms with E-state index in [0.717, 1.165) is 45.6 Å². The second kappa shape index (κ2) is 14.4. The number of unbranched alkanes of at least 4 members (excludes halogenated alkanes) is 13. The molecule has 2 aliphatic heterocycles. The molecule has 0 spiro atoms. The molecule has 170 valence electrons. The zero-order valence-corrected chi connectivity index (χ0v) is 19.6. The van der Waals surface area contributed by atoms with Gasteiger partial charge in [-0.1, -0.05) is 84.0 Å². The molecule has 2 aliphatic rings. The standard InChI is InChI=1S/C25H49N2O2/c1-3-4-5-6-7-8-9-10-11-12-13-14-15-16-21-27(22-19-24(2)29-27)23-26-20-17-18-25(26)28/h24H,3-23H2,1-2H3/q+1. The van der Waals surface area contributed by atoms with Crippen molar-refractivity contribution in [2.45, 2.75) is 129 Å². The van der Waals surface area contributed by atoms with Crippen molar-refractivity contribution in [3.05, 3.63) is 0 Å². The monoisotopic (exact) mass is 409 g/mol. The minimum atomic E-state index is 0.326. The highest BCUT2D eigenvalue weighted by molar-refractivity contribution is 5.77. The molecule has 4 heteroatoms. The molecule has 0 bridgehead atoms.